The zero-order valence-corrected chi connectivity index (χ0v) is 8.58. The van der Waals surface area contributed by atoms with Gasteiger partial charge in [-0.3, -0.25) is 9.69 Å². The molecular formula is C10H19NO2. The number of ether oxygens (including phenoxy) is 1. The van der Waals surface area contributed by atoms with Crippen molar-refractivity contribution >= 4 is 5.78 Å². The van der Waals surface area contributed by atoms with E-state index in [1.165, 1.54) is 12.8 Å². The van der Waals surface area contributed by atoms with Crippen LogP contribution >= 0.6 is 0 Å². The van der Waals surface area contributed by atoms with Crippen LogP contribution in [0, 0.1) is 0 Å². The Morgan fingerprint density at radius 3 is 2.69 bits per heavy atom. The van der Waals surface area contributed by atoms with E-state index in [1.54, 1.807) is 7.11 Å². The molecule has 76 valence electrons. The predicted molar refractivity (Wildman–Crippen MR) is 51.8 cm³/mol. The summed E-state index contributed by atoms with van der Waals surface area (Å²) in [7, 11) is 1.57. The number of Topliss-reactive ketones (excluding diaryl/α,β-unsaturated/α-hetero) is 1. The van der Waals surface area contributed by atoms with Crippen LogP contribution in [0.25, 0.3) is 0 Å². The van der Waals surface area contributed by atoms with E-state index in [0.29, 0.717) is 12.6 Å². The van der Waals surface area contributed by atoms with Gasteiger partial charge in [-0.25, -0.2) is 0 Å². The summed E-state index contributed by atoms with van der Waals surface area (Å²) in [5, 5.41) is 0. The third-order valence-electron chi connectivity index (χ3n) is 2.26. The van der Waals surface area contributed by atoms with Gasteiger partial charge in [0.25, 0.3) is 0 Å². The van der Waals surface area contributed by atoms with Crippen LogP contribution in [0.1, 0.15) is 26.2 Å². The standard InChI is InChI=1S/C10H19NO2/c1-3-6-11(9-4-5-9)7-10(12)8-13-2/h9H,3-8H2,1-2H3. The molecule has 0 unspecified atom stereocenters. The molecule has 1 rings (SSSR count). The van der Waals surface area contributed by atoms with Crippen molar-refractivity contribution in [2.45, 2.75) is 32.2 Å². The van der Waals surface area contributed by atoms with Crippen LogP contribution in [0.3, 0.4) is 0 Å². The highest BCUT2D eigenvalue weighted by molar-refractivity contribution is 5.81. The Kier molecular flexibility index (Phi) is 4.39. The van der Waals surface area contributed by atoms with Gasteiger partial charge in [-0.1, -0.05) is 6.92 Å². The van der Waals surface area contributed by atoms with E-state index in [0.717, 1.165) is 13.0 Å². The fourth-order valence-corrected chi connectivity index (χ4v) is 1.55. The lowest BCUT2D eigenvalue weighted by Crippen LogP contribution is -2.34. The molecule has 0 atom stereocenters. The zero-order chi connectivity index (χ0) is 9.68. The largest absolute Gasteiger partial charge is 0.377 e. The highest BCUT2D eigenvalue weighted by Crippen LogP contribution is 2.26. The lowest BCUT2D eigenvalue weighted by Gasteiger charge is -2.19. The molecule has 0 radical (unpaired) electrons. The number of rotatable bonds is 7. The number of ketones is 1. The van der Waals surface area contributed by atoms with E-state index in [2.05, 4.69) is 11.8 Å². The summed E-state index contributed by atoms with van der Waals surface area (Å²) in [5.74, 6) is 0.197. The summed E-state index contributed by atoms with van der Waals surface area (Å²) >= 11 is 0. The van der Waals surface area contributed by atoms with Gasteiger partial charge in [-0.2, -0.15) is 0 Å². The van der Waals surface area contributed by atoms with E-state index in [9.17, 15) is 4.79 Å². The molecule has 0 N–H and O–H groups in total. The smallest absolute Gasteiger partial charge is 0.172 e. The Morgan fingerprint density at radius 1 is 1.54 bits per heavy atom. The van der Waals surface area contributed by atoms with Crippen molar-refractivity contribution in [3.8, 4) is 0 Å². The second kappa shape index (κ2) is 5.35. The molecule has 1 aliphatic carbocycles. The van der Waals surface area contributed by atoms with Gasteiger partial charge in [0.1, 0.15) is 6.61 Å². The van der Waals surface area contributed by atoms with Gasteiger partial charge in [0, 0.05) is 13.2 Å². The van der Waals surface area contributed by atoms with Gasteiger partial charge in [0.2, 0.25) is 0 Å². The summed E-state index contributed by atoms with van der Waals surface area (Å²) in [4.78, 5) is 13.6. The van der Waals surface area contributed by atoms with Crippen LogP contribution in [0.4, 0.5) is 0 Å². The minimum Gasteiger partial charge on any atom is -0.377 e. The molecule has 13 heavy (non-hydrogen) atoms. The van der Waals surface area contributed by atoms with Crippen molar-refractivity contribution in [2.24, 2.45) is 0 Å². The van der Waals surface area contributed by atoms with Crippen LogP contribution in [0.15, 0.2) is 0 Å². The minimum absolute atomic E-state index is 0.197. The summed E-state index contributed by atoms with van der Waals surface area (Å²) in [6, 6.07) is 0.681. The van der Waals surface area contributed by atoms with Crippen LogP contribution in [-0.4, -0.2) is 43.5 Å². The van der Waals surface area contributed by atoms with Crippen molar-refractivity contribution in [3.63, 3.8) is 0 Å². The molecule has 0 amide bonds. The van der Waals surface area contributed by atoms with E-state index < -0.39 is 0 Å². The zero-order valence-electron chi connectivity index (χ0n) is 8.58. The third kappa shape index (κ3) is 3.87. The maximum absolute atomic E-state index is 11.3. The molecule has 0 aliphatic heterocycles. The normalized spacial score (nSPS) is 16.5. The Morgan fingerprint density at radius 2 is 2.23 bits per heavy atom. The molecule has 0 aromatic heterocycles. The first kappa shape index (κ1) is 10.7. The number of hydrogen-bond donors (Lipinski definition) is 0. The van der Waals surface area contributed by atoms with Crippen molar-refractivity contribution < 1.29 is 9.53 Å². The molecular weight excluding hydrogens is 166 g/mol. The average molecular weight is 185 g/mol. The highest BCUT2D eigenvalue weighted by atomic mass is 16.5. The first-order valence-corrected chi connectivity index (χ1v) is 5.02. The average Bonchev–Trinajstić information content (AvgIpc) is 2.86. The number of hydrogen-bond acceptors (Lipinski definition) is 3. The van der Waals surface area contributed by atoms with Crippen molar-refractivity contribution in [3.05, 3.63) is 0 Å². The fraction of sp³-hybridized carbons (Fsp3) is 0.900. The lowest BCUT2D eigenvalue weighted by molar-refractivity contribution is -0.123. The topological polar surface area (TPSA) is 29.5 Å². The Balaban J connectivity index is 2.24. The quantitative estimate of drug-likeness (QED) is 0.594. The number of nitrogens with zero attached hydrogens (tertiary/aromatic N) is 1. The fourth-order valence-electron chi connectivity index (χ4n) is 1.55. The molecule has 0 bridgehead atoms. The minimum atomic E-state index is 0.197. The van der Waals surface area contributed by atoms with Crippen LogP contribution in [-0.2, 0) is 9.53 Å². The number of methoxy groups -OCH3 is 1. The Bertz CT molecular complexity index is 166. The first-order chi connectivity index (χ1) is 6.27. The van der Waals surface area contributed by atoms with Crippen molar-refractivity contribution in [2.75, 3.05) is 26.8 Å². The second-order valence-electron chi connectivity index (χ2n) is 3.67. The van der Waals surface area contributed by atoms with Gasteiger partial charge in [-0.05, 0) is 25.8 Å². The lowest BCUT2D eigenvalue weighted by atomic mass is 10.3. The van der Waals surface area contributed by atoms with Gasteiger partial charge >= 0.3 is 0 Å². The van der Waals surface area contributed by atoms with Crippen LogP contribution in [0.5, 0.6) is 0 Å². The predicted octanol–water partition coefficient (Wildman–Crippen LogP) is 1.08. The summed E-state index contributed by atoms with van der Waals surface area (Å²) in [6.45, 7) is 4.02. The van der Waals surface area contributed by atoms with E-state index in [4.69, 9.17) is 4.74 Å². The van der Waals surface area contributed by atoms with Crippen LogP contribution < -0.4 is 0 Å². The molecule has 0 saturated heterocycles. The molecule has 0 aromatic rings. The molecule has 3 heteroatoms. The van der Waals surface area contributed by atoms with Crippen LogP contribution in [0.2, 0.25) is 0 Å². The molecule has 0 spiro atoms. The van der Waals surface area contributed by atoms with Gasteiger partial charge in [-0.15, -0.1) is 0 Å². The van der Waals surface area contributed by atoms with Crippen molar-refractivity contribution in [1.29, 1.82) is 0 Å². The van der Waals surface area contributed by atoms with Crippen molar-refractivity contribution in [1.82, 2.24) is 4.90 Å². The third-order valence-corrected chi connectivity index (χ3v) is 2.26. The molecule has 1 fully saturated rings. The maximum Gasteiger partial charge on any atom is 0.172 e. The molecule has 0 aromatic carbocycles. The van der Waals surface area contributed by atoms with Gasteiger partial charge in [0.05, 0.1) is 6.54 Å². The second-order valence-corrected chi connectivity index (χ2v) is 3.67. The monoisotopic (exact) mass is 185 g/mol. The molecule has 0 heterocycles. The number of carbonyl (C=O) groups excluding carboxylic acids is 1. The summed E-state index contributed by atoms with van der Waals surface area (Å²) in [5.41, 5.74) is 0. The summed E-state index contributed by atoms with van der Waals surface area (Å²) in [6.07, 6.45) is 3.65. The highest BCUT2D eigenvalue weighted by Gasteiger charge is 2.29. The van der Waals surface area contributed by atoms with Gasteiger partial charge < -0.3 is 4.74 Å². The van der Waals surface area contributed by atoms with Gasteiger partial charge in [0.15, 0.2) is 5.78 Å². The first-order valence-electron chi connectivity index (χ1n) is 5.02. The van der Waals surface area contributed by atoms with E-state index in [-0.39, 0.29) is 12.4 Å². The molecule has 3 nitrogen and oxygen atoms in total. The molecule has 1 aliphatic rings. The Labute approximate surface area is 80.1 Å². The summed E-state index contributed by atoms with van der Waals surface area (Å²) < 4.78 is 4.81. The Hall–Kier alpha value is -0.410. The van der Waals surface area contributed by atoms with E-state index >= 15 is 0 Å². The maximum atomic E-state index is 11.3. The van der Waals surface area contributed by atoms with E-state index in [1.807, 2.05) is 0 Å². The number of carbonyl (C=O) groups is 1. The molecule has 1 saturated carbocycles. The SMILES string of the molecule is CCCN(CC(=O)COC)C1CC1.